The fraction of sp³-hybridized carbons (Fsp3) is 0.250. The van der Waals surface area contributed by atoms with Crippen LogP contribution in [0.4, 0.5) is 5.69 Å². The van der Waals surface area contributed by atoms with E-state index in [-0.39, 0.29) is 0 Å². The highest BCUT2D eigenvalue weighted by molar-refractivity contribution is 5.56. The number of ether oxygens (including phenoxy) is 1. The third-order valence-corrected chi connectivity index (χ3v) is 2.38. The van der Waals surface area contributed by atoms with E-state index in [4.69, 9.17) is 10.5 Å². The van der Waals surface area contributed by atoms with Crippen LogP contribution in [0.1, 0.15) is 11.1 Å². The lowest BCUT2D eigenvalue weighted by Crippen LogP contribution is -1.99. The summed E-state index contributed by atoms with van der Waals surface area (Å²) in [6.07, 6.45) is 3.71. The van der Waals surface area contributed by atoms with Crippen molar-refractivity contribution in [2.75, 3.05) is 5.73 Å². The molecule has 0 aliphatic heterocycles. The number of nitrogen functional groups attached to an aromatic ring is 1. The number of benzene rings is 1. The van der Waals surface area contributed by atoms with Gasteiger partial charge in [-0.25, -0.2) is 0 Å². The summed E-state index contributed by atoms with van der Waals surface area (Å²) in [5.74, 6) is 0.756. The van der Waals surface area contributed by atoms with Crippen LogP contribution in [0.2, 0.25) is 0 Å². The zero-order valence-corrected chi connectivity index (χ0v) is 9.47. The lowest BCUT2D eigenvalue weighted by Gasteiger charge is -2.10. The van der Waals surface area contributed by atoms with E-state index in [0.29, 0.717) is 12.3 Å². The van der Waals surface area contributed by atoms with Crippen LogP contribution in [-0.4, -0.2) is 9.78 Å². The number of anilines is 1. The molecular weight excluding hydrogens is 202 g/mol. The van der Waals surface area contributed by atoms with Gasteiger partial charge in [0.15, 0.2) is 0 Å². The zero-order chi connectivity index (χ0) is 11.5. The third-order valence-electron chi connectivity index (χ3n) is 2.38. The Morgan fingerprint density at radius 1 is 1.44 bits per heavy atom. The van der Waals surface area contributed by atoms with Crippen LogP contribution in [0.15, 0.2) is 30.6 Å². The molecule has 0 aliphatic carbocycles. The number of nitrogens with two attached hydrogens (primary N) is 1. The maximum Gasteiger partial charge on any atom is 0.145 e. The molecule has 0 fully saturated rings. The van der Waals surface area contributed by atoms with Gasteiger partial charge in [0, 0.05) is 18.8 Å². The standard InChI is InChI=1S/C12H15N3O/c1-9-4-3-5-11(13)12(9)16-8-10-6-14-15(2)7-10/h3-7H,8,13H2,1-2H3. The molecule has 2 rings (SSSR count). The van der Waals surface area contributed by atoms with Crippen LogP contribution in [0, 0.1) is 6.92 Å². The molecule has 4 heteroatoms. The number of nitrogens with zero attached hydrogens (tertiary/aromatic N) is 2. The fourth-order valence-electron chi connectivity index (χ4n) is 1.57. The summed E-state index contributed by atoms with van der Waals surface area (Å²) < 4.78 is 7.44. The Bertz CT molecular complexity index is 471. The average molecular weight is 217 g/mol. The van der Waals surface area contributed by atoms with E-state index >= 15 is 0 Å². The van der Waals surface area contributed by atoms with Crippen LogP contribution in [0.3, 0.4) is 0 Å². The van der Waals surface area contributed by atoms with E-state index < -0.39 is 0 Å². The predicted octanol–water partition coefficient (Wildman–Crippen LogP) is 1.89. The Hall–Kier alpha value is -1.97. The Morgan fingerprint density at radius 3 is 2.88 bits per heavy atom. The second-order valence-corrected chi connectivity index (χ2v) is 3.80. The van der Waals surface area contributed by atoms with Gasteiger partial charge in [-0.3, -0.25) is 4.68 Å². The molecule has 0 saturated carbocycles. The molecule has 0 saturated heterocycles. The number of aryl methyl sites for hydroxylation is 2. The molecule has 2 aromatic rings. The third kappa shape index (κ3) is 2.16. The minimum absolute atomic E-state index is 0.489. The van der Waals surface area contributed by atoms with Gasteiger partial charge in [-0.15, -0.1) is 0 Å². The second kappa shape index (κ2) is 4.26. The summed E-state index contributed by atoms with van der Waals surface area (Å²) in [6, 6.07) is 5.74. The maximum absolute atomic E-state index is 5.84. The lowest BCUT2D eigenvalue weighted by atomic mass is 10.2. The molecule has 1 aromatic carbocycles. The van der Waals surface area contributed by atoms with Crippen molar-refractivity contribution in [2.24, 2.45) is 7.05 Å². The number of hydrogen-bond donors (Lipinski definition) is 1. The fourth-order valence-corrected chi connectivity index (χ4v) is 1.57. The molecule has 0 amide bonds. The first-order valence-electron chi connectivity index (χ1n) is 5.12. The average Bonchev–Trinajstić information content (AvgIpc) is 2.63. The molecule has 0 aliphatic rings. The van der Waals surface area contributed by atoms with Crippen LogP contribution in [-0.2, 0) is 13.7 Å². The monoisotopic (exact) mass is 217 g/mol. The van der Waals surface area contributed by atoms with Crippen molar-refractivity contribution in [1.82, 2.24) is 9.78 Å². The lowest BCUT2D eigenvalue weighted by molar-refractivity contribution is 0.306. The van der Waals surface area contributed by atoms with Gasteiger partial charge in [0.05, 0.1) is 11.9 Å². The van der Waals surface area contributed by atoms with Crippen molar-refractivity contribution >= 4 is 5.69 Å². The van der Waals surface area contributed by atoms with Gasteiger partial charge < -0.3 is 10.5 Å². The molecule has 16 heavy (non-hydrogen) atoms. The topological polar surface area (TPSA) is 53.1 Å². The molecule has 2 N–H and O–H groups in total. The largest absolute Gasteiger partial charge is 0.486 e. The first-order valence-corrected chi connectivity index (χ1v) is 5.12. The molecule has 1 aromatic heterocycles. The van der Waals surface area contributed by atoms with Crippen molar-refractivity contribution in [1.29, 1.82) is 0 Å². The Balaban J connectivity index is 2.10. The van der Waals surface area contributed by atoms with Gasteiger partial charge in [0.1, 0.15) is 12.4 Å². The Kier molecular flexibility index (Phi) is 2.81. The molecule has 84 valence electrons. The second-order valence-electron chi connectivity index (χ2n) is 3.80. The van der Waals surface area contributed by atoms with Crippen molar-refractivity contribution < 1.29 is 4.74 Å². The van der Waals surface area contributed by atoms with Gasteiger partial charge in [-0.05, 0) is 18.6 Å². The Labute approximate surface area is 94.6 Å². The molecule has 1 heterocycles. The maximum atomic E-state index is 5.84. The molecule has 0 radical (unpaired) electrons. The number of para-hydroxylation sites is 1. The SMILES string of the molecule is Cc1cccc(N)c1OCc1cnn(C)c1. The van der Waals surface area contributed by atoms with Gasteiger partial charge >= 0.3 is 0 Å². The van der Waals surface area contributed by atoms with Crippen LogP contribution in [0.5, 0.6) is 5.75 Å². The first kappa shape index (κ1) is 10.5. The predicted molar refractivity (Wildman–Crippen MR) is 63.1 cm³/mol. The summed E-state index contributed by atoms with van der Waals surface area (Å²) in [7, 11) is 1.88. The Morgan fingerprint density at radius 2 is 2.25 bits per heavy atom. The molecular formula is C12H15N3O. The number of rotatable bonds is 3. The minimum atomic E-state index is 0.489. The molecule has 4 nitrogen and oxygen atoms in total. The van der Waals surface area contributed by atoms with E-state index in [0.717, 1.165) is 16.9 Å². The smallest absolute Gasteiger partial charge is 0.145 e. The molecule has 0 bridgehead atoms. The highest BCUT2D eigenvalue weighted by Crippen LogP contribution is 2.26. The first-order chi connectivity index (χ1) is 7.66. The van der Waals surface area contributed by atoms with Crippen molar-refractivity contribution in [3.8, 4) is 5.75 Å². The zero-order valence-electron chi connectivity index (χ0n) is 9.47. The van der Waals surface area contributed by atoms with Crippen LogP contribution in [0.25, 0.3) is 0 Å². The van der Waals surface area contributed by atoms with Gasteiger partial charge in [-0.1, -0.05) is 12.1 Å². The van der Waals surface area contributed by atoms with Crippen molar-refractivity contribution in [3.05, 3.63) is 41.7 Å². The van der Waals surface area contributed by atoms with E-state index in [1.54, 1.807) is 10.9 Å². The normalized spacial score (nSPS) is 10.4. The summed E-state index contributed by atoms with van der Waals surface area (Å²) in [5, 5.41) is 4.08. The highest BCUT2D eigenvalue weighted by atomic mass is 16.5. The number of hydrogen-bond acceptors (Lipinski definition) is 3. The van der Waals surface area contributed by atoms with E-state index in [2.05, 4.69) is 5.10 Å². The van der Waals surface area contributed by atoms with E-state index in [1.165, 1.54) is 0 Å². The molecule has 0 unspecified atom stereocenters. The van der Waals surface area contributed by atoms with Gasteiger partial charge in [0.25, 0.3) is 0 Å². The summed E-state index contributed by atoms with van der Waals surface area (Å²) in [5.41, 5.74) is 8.59. The number of aromatic nitrogens is 2. The quantitative estimate of drug-likeness (QED) is 0.799. The minimum Gasteiger partial charge on any atom is -0.486 e. The van der Waals surface area contributed by atoms with Crippen LogP contribution < -0.4 is 10.5 Å². The van der Waals surface area contributed by atoms with E-state index in [9.17, 15) is 0 Å². The van der Waals surface area contributed by atoms with Crippen molar-refractivity contribution in [2.45, 2.75) is 13.5 Å². The molecule has 0 spiro atoms. The summed E-state index contributed by atoms with van der Waals surface area (Å²) >= 11 is 0. The van der Waals surface area contributed by atoms with E-state index in [1.807, 2.05) is 38.4 Å². The summed E-state index contributed by atoms with van der Waals surface area (Å²) in [6.45, 7) is 2.47. The van der Waals surface area contributed by atoms with Crippen LogP contribution >= 0.6 is 0 Å². The van der Waals surface area contributed by atoms with Gasteiger partial charge in [-0.2, -0.15) is 5.10 Å². The molecule has 0 atom stereocenters. The summed E-state index contributed by atoms with van der Waals surface area (Å²) in [4.78, 5) is 0. The highest BCUT2D eigenvalue weighted by Gasteiger charge is 2.04. The van der Waals surface area contributed by atoms with Crippen molar-refractivity contribution in [3.63, 3.8) is 0 Å². The van der Waals surface area contributed by atoms with Gasteiger partial charge in [0.2, 0.25) is 0 Å².